The first-order chi connectivity index (χ1) is 11.1. The van der Waals surface area contributed by atoms with E-state index >= 15 is 0 Å². The van der Waals surface area contributed by atoms with Crippen molar-refractivity contribution >= 4 is 11.9 Å². The number of benzene rings is 1. The maximum atomic E-state index is 12.0. The van der Waals surface area contributed by atoms with Crippen molar-refractivity contribution in [1.82, 2.24) is 9.97 Å². The minimum absolute atomic E-state index is 0.137. The predicted octanol–water partition coefficient (Wildman–Crippen LogP) is 1.85. The Morgan fingerprint density at radius 3 is 3.00 bits per heavy atom. The highest BCUT2D eigenvalue weighted by Crippen LogP contribution is 2.58. The molecule has 2 aliphatic rings. The predicted molar refractivity (Wildman–Crippen MR) is 83.9 cm³/mol. The molecule has 0 radical (unpaired) electrons. The van der Waals surface area contributed by atoms with Crippen LogP contribution in [0.1, 0.15) is 6.42 Å². The summed E-state index contributed by atoms with van der Waals surface area (Å²) < 4.78 is 4.93. The third-order valence-electron chi connectivity index (χ3n) is 4.84. The number of aromatic nitrogens is 2. The Hall–Kier alpha value is -2.63. The van der Waals surface area contributed by atoms with E-state index in [1.165, 1.54) is 7.11 Å². The lowest BCUT2D eigenvalue weighted by molar-refractivity contribution is -0.146. The van der Waals surface area contributed by atoms with Gasteiger partial charge < -0.3 is 14.7 Å². The van der Waals surface area contributed by atoms with Crippen molar-refractivity contribution in [2.45, 2.75) is 6.42 Å². The van der Waals surface area contributed by atoms with E-state index in [0.717, 1.165) is 13.0 Å². The monoisotopic (exact) mass is 311 g/mol. The van der Waals surface area contributed by atoms with Gasteiger partial charge in [-0.3, -0.25) is 4.79 Å². The number of carbonyl (C=O) groups excluding carboxylic acids is 1. The number of carbonyl (C=O) groups is 1. The van der Waals surface area contributed by atoms with Gasteiger partial charge in [-0.2, -0.15) is 0 Å². The van der Waals surface area contributed by atoms with E-state index in [1.807, 2.05) is 17.0 Å². The lowest BCUT2D eigenvalue weighted by Gasteiger charge is -2.20. The van der Waals surface area contributed by atoms with Crippen LogP contribution in [0.15, 0.2) is 36.5 Å². The number of para-hydroxylation sites is 1. The molecule has 1 saturated carbocycles. The molecule has 0 unspecified atom stereocenters. The summed E-state index contributed by atoms with van der Waals surface area (Å²) in [6.07, 6.45) is 2.56. The highest BCUT2D eigenvalue weighted by atomic mass is 16.5. The summed E-state index contributed by atoms with van der Waals surface area (Å²) >= 11 is 0. The number of aromatic hydroxyl groups is 1. The van der Waals surface area contributed by atoms with E-state index < -0.39 is 0 Å². The zero-order chi connectivity index (χ0) is 16.0. The van der Waals surface area contributed by atoms with E-state index in [4.69, 9.17) is 4.74 Å². The Kier molecular flexibility index (Phi) is 3.01. The van der Waals surface area contributed by atoms with Crippen LogP contribution < -0.4 is 4.90 Å². The van der Waals surface area contributed by atoms with Crippen molar-refractivity contribution in [3.05, 3.63) is 36.5 Å². The van der Waals surface area contributed by atoms with Crippen LogP contribution in [-0.2, 0) is 9.53 Å². The number of methoxy groups -OCH3 is 1. The maximum absolute atomic E-state index is 12.0. The molecule has 1 aromatic heterocycles. The van der Waals surface area contributed by atoms with Crippen molar-refractivity contribution in [3.63, 3.8) is 0 Å². The Balaban J connectivity index is 1.61. The zero-order valence-electron chi connectivity index (χ0n) is 12.8. The Bertz CT molecular complexity index is 779. The van der Waals surface area contributed by atoms with Gasteiger partial charge in [0.15, 0.2) is 0 Å². The number of phenolic OH excluding ortho intramolecular Hbond substituents is 1. The number of ether oxygens (including phenoxy) is 1. The van der Waals surface area contributed by atoms with E-state index in [-0.39, 0.29) is 17.1 Å². The molecule has 0 bridgehead atoms. The van der Waals surface area contributed by atoms with Crippen LogP contribution in [-0.4, -0.2) is 41.2 Å². The molecule has 6 heteroatoms. The number of piperidine rings is 1. The number of esters is 1. The van der Waals surface area contributed by atoms with Crippen LogP contribution in [0.2, 0.25) is 0 Å². The molecule has 4 rings (SSSR count). The lowest BCUT2D eigenvalue weighted by Crippen LogP contribution is -2.30. The average Bonchev–Trinajstić information content (AvgIpc) is 3.16. The minimum atomic E-state index is -0.372. The molecule has 6 nitrogen and oxygen atoms in total. The number of rotatable bonds is 3. The van der Waals surface area contributed by atoms with Crippen LogP contribution in [0.25, 0.3) is 11.3 Å². The molecule has 2 atom stereocenters. The Morgan fingerprint density at radius 1 is 1.39 bits per heavy atom. The summed E-state index contributed by atoms with van der Waals surface area (Å²) in [7, 11) is 1.43. The topological polar surface area (TPSA) is 75.5 Å². The van der Waals surface area contributed by atoms with Crippen molar-refractivity contribution in [3.8, 4) is 17.0 Å². The molecular weight excluding hydrogens is 294 g/mol. The number of phenols is 1. The normalized spacial score (nSPS) is 25.1. The SMILES string of the molecule is COC(=O)[C@]12C[C@H]1CN(c1nccc(-c3ccccc3O)n1)C2. The lowest BCUT2D eigenvalue weighted by atomic mass is 10.1. The molecule has 2 heterocycles. The molecule has 2 aromatic rings. The average molecular weight is 311 g/mol. The fourth-order valence-electron chi connectivity index (χ4n) is 3.50. The second kappa shape index (κ2) is 4.94. The second-order valence-corrected chi connectivity index (χ2v) is 6.19. The van der Waals surface area contributed by atoms with Crippen LogP contribution >= 0.6 is 0 Å². The number of fused-ring (bicyclic) bond motifs is 1. The van der Waals surface area contributed by atoms with Crippen LogP contribution in [0.3, 0.4) is 0 Å². The van der Waals surface area contributed by atoms with Gasteiger partial charge >= 0.3 is 5.97 Å². The largest absolute Gasteiger partial charge is 0.507 e. The summed E-state index contributed by atoms with van der Waals surface area (Å²) in [6, 6.07) is 8.85. The van der Waals surface area contributed by atoms with E-state index in [0.29, 0.717) is 29.7 Å². The third-order valence-corrected chi connectivity index (χ3v) is 4.84. The molecule has 1 aliphatic carbocycles. The minimum Gasteiger partial charge on any atom is -0.507 e. The zero-order valence-corrected chi connectivity index (χ0v) is 12.8. The van der Waals surface area contributed by atoms with Crippen molar-refractivity contribution < 1.29 is 14.6 Å². The number of hydrogen-bond donors (Lipinski definition) is 1. The van der Waals surface area contributed by atoms with Crippen molar-refractivity contribution in [2.75, 3.05) is 25.1 Å². The first-order valence-corrected chi connectivity index (χ1v) is 7.59. The van der Waals surface area contributed by atoms with Gasteiger partial charge in [-0.15, -0.1) is 0 Å². The fraction of sp³-hybridized carbons (Fsp3) is 0.353. The Labute approximate surface area is 133 Å². The molecule has 1 aromatic carbocycles. The van der Waals surface area contributed by atoms with Gasteiger partial charge in [0.2, 0.25) is 5.95 Å². The Morgan fingerprint density at radius 2 is 2.22 bits per heavy atom. The molecule has 118 valence electrons. The molecule has 0 spiro atoms. The second-order valence-electron chi connectivity index (χ2n) is 6.19. The molecular formula is C17H17N3O3. The highest BCUT2D eigenvalue weighted by Gasteiger charge is 2.66. The molecule has 2 fully saturated rings. The van der Waals surface area contributed by atoms with E-state index in [9.17, 15) is 9.90 Å². The number of nitrogens with zero attached hydrogens (tertiary/aromatic N) is 3. The van der Waals surface area contributed by atoms with Gasteiger partial charge in [0, 0.05) is 24.8 Å². The van der Waals surface area contributed by atoms with E-state index in [1.54, 1.807) is 24.4 Å². The summed E-state index contributed by atoms with van der Waals surface area (Å²) in [6.45, 7) is 1.36. The van der Waals surface area contributed by atoms with Gasteiger partial charge in [0.25, 0.3) is 0 Å². The van der Waals surface area contributed by atoms with Crippen LogP contribution in [0, 0.1) is 11.3 Å². The fourth-order valence-corrected chi connectivity index (χ4v) is 3.50. The first kappa shape index (κ1) is 14.0. The van der Waals surface area contributed by atoms with Crippen molar-refractivity contribution in [1.29, 1.82) is 0 Å². The summed E-state index contributed by atoms with van der Waals surface area (Å²) in [5, 5.41) is 9.98. The maximum Gasteiger partial charge on any atom is 0.313 e. The first-order valence-electron chi connectivity index (χ1n) is 7.59. The number of hydrogen-bond acceptors (Lipinski definition) is 6. The van der Waals surface area contributed by atoms with Gasteiger partial charge in [-0.05, 0) is 30.5 Å². The van der Waals surface area contributed by atoms with Crippen LogP contribution in [0.4, 0.5) is 5.95 Å². The smallest absolute Gasteiger partial charge is 0.313 e. The summed E-state index contributed by atoms with van der Waals surface area (Å²) in [5.41, 5.74) is 0.965. The molecule has 0 amide bonds. The van der Waals surface area contributed by atoms with Gasteiger partial charge in [-0.1, -0.05) is 12.1 Å². The molecule has 1 saturated heterocycles. The van der Waals surface area contributed by atoms with Crippen molar-refractivity contribution in [2.24, 2.45) is 11.3 Å². The molecule has 23 heavy (non-hydrogen) atoms. The quantitative estimate of drug-likeness (QED) is 0.872. The van der Waals surface area contributed by atoms with E-state index in [2.05, 4.69) is 9.97 Å². The summed E-state index contributed by atoms with van der Waals surface area (Å²) in [5.74, 6) is 0.961. The standard InChI is InChI=1S/C17H17N3O3/c1-23-15(22)17-8-11(17)9-20(10-17)16-18-7-6-13(19-16)12-4-2-3-5-14(12)21/h2-7,11,21H,8-10H2,1H3/t11-,17-/m0/s1. The highest BCUT2D eigenvalue weighted by molar-refractivity contribution is 5.83. The van der Waals surface area contributed by atoms with Gasteiger partial charge in [0.05, 0.1) is 18.2 Å². The molecule has 1 aliphatic heterocycles. The molecule has 1 N–H and O–H groups in total. The number of anilines is 1. The van der Waals surface area contributed by atoms with Crippen LogP contribution in [0.5, 0.6) is 5.75 Å². The van der Waals surface area contributed by atoms with Gasteiger partial charge in [-0.25, -0.2) is 9.97 Å². The summed E-state index contributed by atoms with van der Waals surface area (Å²) in [4.78, 5) is 22.9. The van der Waals surface area contributed by atoms with Gasteiger partial charge in [0.1, 0.15) is 5.75 Å². The third kappa shape index (κ3) is 2.13.